The molecular formula is C16H14FN3O. The molecule has 0 atom stereocenters. The minimum atomic E-state index is -0.260. The predicted octanol–water partition coefficient (Wildman–Crippen LogP) is 3.60. The van der Waals surface area contributed by atoms with Crippen LogP contribution >= 0.6 is 0 Å². The summed E-state index contributed by atoms with van der Waals surface area (Å²) in [5.41, 5.74) is 8.48. The number of halogens is 1. The first-order valence-corrected chi connectivity index (χ1v) is 6.55. The van der Waals surface area contributed by atoms with Crippen molar-refractivity contribution in [1.29, 1.82) is 0 Å². The quantitative estimate of drug-likeness (QED) is 0.702. The molecule has 0 saturated heterocycles. The minimum Gasteiger partial charge on any atom is -0.444 e. The van der Waals surface area contributed by atoms with Crippen LogP contribution in [-0.2, 0) is 6.54 Å². The van der Waals surface area contributed by atoms with Gasteiger partial charge in [0.15, 0.2) is 0 Å². The Morgan fingerprint density at radius 2 is 1.76 bits per heavy atom. The van der Waals surface area contributed by atoms with Crippen LogP contribution in [0.1, 0.15) is 5.69 Å². The predicted molar refractivity (Wildman–Crippen MR) is 78.8 cm³/mol. The Morgan fingerprint density at radius 1 is 1.00 bits per heavy atom. The van der Waals surface area contributed by atoms with Gasteiger partial charge in [0.1, 0.15) is 12.1 Å². The number of oxazole rings is 1. The van der Waals surface area contributed by atoms with Crippen LogP contribution in [0.4, 0.5) is 10.1 Å². The highest BCUT2D eigenvalue weighted by atomic mass is 19.1. The first-order chi connectivity index (χ1) is 10.3. The summed E-state index contributed by atoms with van der Waals surface area (Å²) < 4.78 is 18.2. The first-order valence-electron chi connectivity index (χ1n) is 6.55. The van der Waals surface area contributed by atoms with E-state index < -0.39 is 0 Å². The SMILES string of the molecule is Fc1ccc(NNCc2coc(-c3ccccc3)n2)cc1. The van der Waals surface area contributed by atoms with E-state index in [0.29, 0.717) is 12.4 Å². The van der Waals surface area contributed by atoms with E-state index in [1.54, 1.807) is 18.4 Å². The first kappa shape index (κ1) is 13.3. The topological polar surface area (TPSA) is 50.1 Å². The lowest BCUT2D eigenvalue weighted by Gasteiger charge is -2.06. The Hall–Kier alpha value is -2.66. The second-order valence-electron chi connectivity index (χ2n) is 4.50. The van der Waals surface area contributed by atoms with Crippen molar-refractivity contribution < 1.29 is 8.81 Å². The summed E-state index contributed by atoms with van der Waals surface area (Å²) in [5.74, 6) is 0.332. The van der Waals surface area contributed by atoms with Gasteiger partial charge >= 0.3 is 0 Å². The molecule has 106 valence electrons. The van der Waals surface area contributed by atoms with Crippen molar-refractivity contribution in [2.24, 2.45) is 0 Å². The average molecular weight is 283 g/mol. The molecule has 1 heterocycles. The second kappa shape index (κ2) is 6.19. The molecular weight excluding hydrogens is 269 g/mol. The van der Waals surface area contributed by atoms with Gasteiger partial charge in [-0.2, -0.15) is 0 Å². The van der Waals surface area contributed by atoms with Crippen LogP contribution in [0.25, 0.3) is 11.5 Å². The minimum absolute atomic E-state index is 0.260. The molecule has 2 N–H and O–H groups in total. The number of benzene rings is 2. The van der Waals surface area contributed by atoms with Crippen LogP contribution in [0.3, 0.4) is 0 Å². The summed E-state index contributed by atoms with van der Waals surface area (Å²) in [6.45, 7) is 0.494. The zero-order chi connectivity index (χ0) is 14.5. The normalized spacial score (nSPS) is 10.5. The van der Waals surface area contributed by atoms with Crippen molar-refractivity contribution in [2.45, 2.75) is 6.54 Å². The number of rotatable bonds is 5. The molecule has 5 heteroatoms. The summed E-state index contributed by atoms with van der Waals surface area (Å²) in [6.07, 6.45) is 1.61. The molecule has 3 rings (SSSR count). The van der Waals surface area contributed by atoms with Gasteiger partial charge in [0.25, 0.3) is 0 Å². The highest BCUT2D eigenvalue weighted by Gasteiger charge is 2.05. The van der Waals surface area contributed by atoms with Crippen LogP contribution < -0.4 is 10.9 Å². The van der Waals surface area contributed by atoms with Gasteiger partial charge in [0, 0.05) is 11.3 Å². The van der Waals surface area contributed by atoms with Crippen molar-refractivity contribution >= 4 is 5.69 Å². The van der Waals surface area contributed by atoms with Gasteiger partial charge in [0.2, 0.25) is 5.89 Å². The van der Waals surface area contributed by atoms with Gasteiger partial charge in [-0.1, -0.05) is 18.2 Å². The molecule has 0 saturated carbocycles. The zero-order valence-corrected chi connectivity index (χ0v) is 11.2. The monoisotopic (exact) mass is 283 g/mol. The molecule has 0 fully saturated rings. The number of nitrogens with zero attached hydrogens (tertiary/aromatic N) is 1. The van der Waals surface area contributed by atoms with Crippen molar-refractivity contribution in [1.82, 2.24) is 10.4 Å². The summed E-state index contributed by atoms with van der Waals surface area (Å²) >= 11 is 0. The number of anilines is 1. The van der Waals surface area contributed by atoms with E-state index in [9.17, 15) is 4.39 Å². The van der Waals surface area contributed by atoms with Gasteiger partial charge in [-0.25, -0.2) is 14.8 Å². The fourth-order valence-electron chi connectivity index (χ4n) is 1.87. The van der Waals surface area contributed by atoms with Gasteiger partial charge in [-0.05, 0) is 36.4 Å². The molecule has 0 aliphatic carbocycles. The molecule has 1 aromatic heterocycles. The lowest BCUT2D eigenvalue weighted by molar-refractivity contribution is 0.571. The van der Waals surface area contributed by atoms with Crippen molar-refractivity contribution in [3.8, 4) is 11.5 Å². The third kappa shape index (κ3) is 3.46. The standard InChI is InChI=1S/C16H14FN3O/c17-13-6-8-14(9-7-13)20-18-10-15-11-21-16(19-15)12-4-2-1-3-5-12/h1-9,11,18,20H,10H2. The van der Waals surface area contributed by atoms with E-state index in [-0.39, 0.29) is 5.82 Å². The maximum atomic E-state index is 12.8. The van der Waals surface area contributed by atoms with E-state index in [1.807, 2.05) is 30.3 Å². The zero-order valence-electron chi connectivity index (χ0n) is 11.2. The Kier molecular flexibility index (Phi) is 3.93. The summed E-state index contributed by atoms with van der Waals surface area (Å²) in [5, 5.41) is 0. The molecule has 0 unspecified atom stereocenters. The van der Waals surface area contributed by atoms with Crippen molar-refractivity contribution in [2.75, 3.05) is 5.43 Å². The second-order valence-corrected chi connectivity index (χ2v) is 4.50. The molecule has 0 amide bonds. The van der Waals surface area contributed by atoms with Gasteiger partial charge < -0.3 is 9.84 Å². The molecule has 0 bridgehead atoms. The lowest BCUT2D eigenvalue weighted by Crippen LogP contribution is -2.20. The Morgan fingerprint density at radius 3 is 2.52 bits per heavy atom. The summed E-state index contributed by atoms with van der Waals surface area (Å²) in [4.78, 5) is 4.40. The number of aromatic nitrogens is 1. The highest BCUT2D eigenvalue weighted by Crippen LogP contribution is 2.17. The number of hydrogen-bond acceptors (Lipinski definition) is 4. The summed E-state index contributed by atoms with van der Waals surface area (Å²) in [6, 6.07) is 15.8. The van der Waals surface area contributed by atoms with Gasteiger partial charge in [-0.3, -0.25) is 0 Å². The molecule has 0 spiro atoms. The summed E-state index contributed by atoms with van der Waals surface area (Å²) in [7, 11) is 0. The molecule has 0 aliphatic heterocycles. The van der Waals surface area contributed by atoms with Crippen LogP contribution in [-0.4, -0.2) is 4.98 Å². The fraction of sp³-hybridized carbons (Fsp3) is 0.0625. The maximum Gasteiger partial charge on any atom is 0.226 e. The number of hydrogen-bond donors (Lipinski definition) is 2. The van der Waals surface area contributed by atoms with Crippen LogP contribution in [0.5, 0.6) is 0 Å². The van der Waals surface area contributed by atoms with E-state index in [0.717, 1.165) is 16.9 Å². The molecule has 4 nitrogen and oxygen atoms in total. The van der Waals surface area contributed by atoms with Crippen LogP contribution in [0.2, 0.25) is 0 Å². The van der Waals surface area contributed by atoms with Crippen LogP contribution in [0, 0.1) is 5.82 Å². The highest BCUT2D eigenvalue weighted by molar-refractivity contribution is 5.52. The molecule has 3 aromatic rings. The third-order valence-electron chi connectivity index (χ3n) is 2.92. The maximum absolute atomic E-state index is 12.8. The molecule has 2 aromatic carbocycles. The van der Waals surface area contributed by atoms with E-state index in [2.05, 4.69) is 15.8 Å². The number of hydrazine groups is 1. The average Bonchev–Trinajstić information content (AvgIpc) is 2.99. The Balaban J connectivity index is 1.57. The van der Waals surface area contributed by atoms with E-state index in [4.69, 9.17) is 4.42 Å². The third-order valence-corrected chi connectivity index (χ3v) is 2.92. The van der Waals surface area contributed by atoms with Gasteiger partial charge in [-0.15, -0.1) is 0 Å². The molecule has 0 aliphatic rings. The van der Waals surface area contributed by atoms with Crippen LogP contribution in [0.15, 0.2) is 65.3 Å². The largest absolute Gasteiger partial charge is 0.444 e. The van der Waals surface area contributed by atoms with E-state index >= 15 is 0 Å². The molecule has 21 heavy (non-hydrogen) atoms. The van der Waals surface area contributed by atoms with Crippen molar-refractivity contribution in [3.63, 3.8) is 0 Å². The molecule has 0 radical (unpaired) electrons. The lowest BCUT2D eigenvalue weighted by atomic mass is 10.2. The van der Waals surface area contributed by atoms with E-state index in [1.165, 1.54) is 12.1 Å². The van der Waals surface area contributed by atoms with Crippen molar-refractivity contribution in [3.05, 3.63) is 72.4 Å². The Bertz CT molecular complexity index is 695. The fourth-order valence-corrected chi connectivity index (χ4v) is 1.87. The smallest absolute Gasteiger partial charge is 0.226 e. The van der Waals surface area contributed by atoms with Gasteiger partial charge in [0.05, 0.1) is 12.2 Å². The number of nitrogens with one attached hydrogen (secondary N) is 2. The Labute approximate surface area is 121 Å².